The second kappa shape index (κ2) is 4.59. The predicted molar refractivity (Wildman–Crippen MR) is 86.8 cm³/mol. The highest BCUT2D eigenvalue weighted by molar-refractivity contribution is 5.75. The average molecular weight is 298 g/mol. The van der Waals surface area contributed by atoms with Crippen molar-refractivity contribution >= 4 is 11.0 Å². The third-order valence-electron chi connectivity index (χ3n) is 5.50. The summed E-state index contributed by atoms with van der Waals surface area (Å²) in [5.74, 6) is 1.03. The zero-order valence-electron chi connectivity index (χ0n) is 13.3. The van der Waals surface area contributed by atoms with E-state index in [1.807, 2.05) is 6.07 Å². The van der Waals surface area contributed by atoms with E-state index in [0.29, 0.717) is 11.8 Å². The number of nitrogens with one attached hydrogen (secondary N) is 2. The van der Waals surface area contributed by atoms with Crippen molar-refractivity contribution in [1.29, 1.82) is 0 Å². The van der Waals surface area contributed by atoms with Gasteiger partial charge in [-0.15, -0.1) is 0 Å². The number of imidazole rings is 1. The maximum absolute atomic E-state index is 11.5. The van der Waals surface area contributed by atoms with Gasteiger partial charge >= 0.3 is 5.69 Å². The molecule has 2 aromatic rings. The Morgan fingerprint density at radius 1 is 1.23 bits per heavy atom. The van der Waals surface area contributed by atoms with Crippen LogP contribution in [0.5, 0.6) is 0 Å². The van der Waals surface area contributed by atoms with Crippen molar-refractivity contribution < 1.29 is 4.74 Å². The SMILES string of the molecule is CC1=CCC2CC1C(c1ccc3[nH]c(=O)[nH]c3c1)OC2(C)C. The molecule has 0 amide bonds. The van der Waals surface area contributed by atoms with Crippen LogP contribution in [0.1, 0.15) is 45.3 Å². The van der Waals surface area contributed by atoms with Gasteiger partial charge in [-0.25, -0.2) is 4.79 Å². The summed E-state index contributed by atoms with van der Waals surface area (Å²) >= 11 is 0. The van der Waals surface area contributed by atoms with E-state index in [4.69, 9.17) is 4.74 Å². The van der Waals surface area contributed by atoms with Crippen LogP contribution in [-0.2, 0) is 4.74 Å². The number of H-pyrrole nitrogens is 2. The zero-order valence-corrected chi connectivity index (χ0v) is 13.3. The summed E-state index contributed by atoms with van der Waals surface area (Å²) in [6, 6.07) is 6.10. The topological polar surface area (TPSA) is 57.9 Å². The Hall–Kier alpha value is -1.81. The Morgan fingerprint density at radius 2 is 2.00 bits per heavy atom. The van der Waals surface area contributed by atoms with Crippen LogP contribution in [0.3, 0.4) is 0 Å². The Kier molecular flexibility index (Phi) is 2.89. The average Bonchev–Trinajstić information content (AvgIpc) is 2.84. The van der Waals surface area contributed by atoms with Crippen LogP contribution in [0.2, 0.25) is 0 Å². The molecule has 1 saturated heterocycles. The van der Waals surface area contributed by atoms with E-state index in [-0.39, 0.29) is 17.4 Å². The number of rotatable bonds is 1. The number of hydrogen-bond donors (Lipinski definition) is 2. The van der Waals surface area contributed by atoms with Crippen molar-refractivity contribution in [2.45, 2.75) is 45.3 Å². The molecule has 0 saturated carbocycles. The van der Waals surface area contributed by atoms with E-state index in [0.717, 1.165) is 23.0 Å². The van der Waals surface area contributed by atoms with Crippen molar-refractivity contribution in [1.82, 2.24) is 9.97 Å². The molecule has 116 valence electrons. The summed E-state index contributed by atoms with van der Waals surface area (Å²) in [6.07, 6.45) is 4.74. The Bertz CT molecular complexity index is 812. The van der Waals surface area contributed by atoms with Gasteiger partial charge in [0.15, 0.2) is 0 Å². The number of hydrogen-bond acceptors (Lipinski definition) is 2. The van der Waals surface area contributed by atoms with Crippen LogP contribution in [0, 0.1) is 11.8 Å². The molecule has 1 aliphatic carbocycles. The van der Waals surface area contributed by atoms with Gasteiger partial charge in [-0.05, 0) is 57.2 Å². The van der Waals surface area contributed by atoms with Crippen molar-refractivity contribution in [2.75, 3.05) is 0 Å². The molecule has 2 bridgehead atoms. The second-order valence-corrected chi connectivity index (χ2v) is 7.25. The molecule has 2 heterocycles. The summed E-state index contributed by atoms with van der Waals surface area (Å²) in [5, 5.41) is 0. The summed E-state index contributed by atoms with van der Waals surface area (Å²) in [4.78, 5) is 17.1. The molecule has 3 unspecified atom stereocenters. The fraction of sp³-hybridized carbons (Fsp3) is 0.500. The summed E-state index contributed by atoms with van der Waals surface area (Å²) in [6.45, 7) is 6.62. The van der Waals surface area contributed by atoms with Crippen LogP contribution < -0.4 is 5.69 Å². The Morgan fingerprint density at radius 3 is 2.82 bits per heavy atom. The highest BCUT2D eigenvalue weighted by atomic mass is 16.5. The van der Waals surface area contributed by atoms with E-state index >= 15 is 0 Å². The van der Waals surface area contributed by atoms with Crippen molar-refractivity contribution in [3.05, 3.63) is 45.9 Å². The molecule has 22 heavy (non-hydrogen) atoms. The van der Waals surface area contributed by atoms with Gasteiger partial charge in [0.2, 0.25) is 0 Å². The molecule has 2 aliphatic rings. The molecule has 3 atom stereocenters. The molecule has 0 spiro atoms. The lowest BCUT2D eigenvalue weighted by Crippen LogP contribution is -2.45. The van der Waals surface area contributed by atoms with E-state index in [9.17, 15) is 4.79 Å². The van der Waals surface area contributed by atoms with Crippen molar-refractivity contribution in [2.24, 2.45) is 11.8 Å². The molecule has 4 heteroatoms. The van der Waals surface area contributed by atoms with Gasteiger partial charge in [0.05, 0.1) is 22.7 Å². The first-order valence-corrected chi connectivity index (χ1v) is 8.00. The highest BCUT2D eigenvalue weighted by Gasteiger charge is 2.45. The first-order valence-electron chi connectivity index (χ1n) is 8.00. The number of ether oxygens (including phenoxy) is 1. The van der Waals surface area contributed by atoms with Crippen LogP contribution in [0.25, 0.3) is 11.0 Å². The third kappa shape index (κ3) is 2.05. The second-order valence-electron chi connectivity index (χ2n) is 7.25. The molecule has 1 fully saturated rings. The summed E-state index contributed by atoms with van der Waals surface area (Å²) < 4.78 is 6.51. The first kappa shape index (κ1) is 13.8. The van der Waals surface area contributed by atoms with Gasteiger partial charge in [0, 0.05) is 5.92 Å². The standard InChI is InChI=1S/C18H22N2O2/c1-10-4-6-12-9-13(10)16(22-18(12,2)3)11-5-7-14-15(8-11)20-17(21)19-14/h4-5,7-8,12-13,16H,6,9H2,1-3H3,(H2,19,20,21). The lowest BCUT2D eigenvalue weighted by molar-refractivity contribution is -0.166. The smallest absolute Gasteiger partial charge is 0.323 e. The Balaban J connectivity index is 1.79. The molecule has 1 aliphatic heterocycles. The number of aromatic nitrogens is 2. The van der Waals surface area contributed by atoms with E-state index in [1.165, 1.54) is 12.0 Å². The maximum Gasteiger partial charge on any atom is 0.323 e. The monoisotopic (exact) mass is 298 g/mol. The highest BCUT2D eigenvalue weighted by Crippen LogP contribution is 2.50. The van der Waals surface area contributed by atoms with Crippen LogP contribution in [0.4, 0.5) is 0 Å². The third-order valence-corrected chi connectivity index (χ3v) is 5.50. The first-order chi connectivity index (χ1) is 10.4. The number of fused-ring (bicyclic) bond motifs is 3. The van der Waals surface area contributed by atoms with Crippen molar-refractivity contribution in [3.8, 4) is 0 Å². The fourth-order valence-corrected chi connectivity index (χ4v) is 4.03. The quantitative estimate of drug-likeness (QED) is 0.789. The number of aromatic amines is 2. The largest absolute Gasteiger partial charge is 0.367 e. The van der Waals surface area contributed by atoms with Gasteiger partial charge in [-0.3, -0.25) is 0 Å². The normalized spacial score (nSPS) is 30.3. The van der Waals surface area contributed by atoms with Crippen LogP contribution >= 0.6 is 0 Å². The molecule has 1 aromatic carbocycles. The number of allylic oxidation sites excluding steroid dienone is 1. The molecule has 4 nitrogen and oxygen atoms in total. The van der Waals surface area contributed by atoms with Gasteiger partial charge in [0.1, 0.15) is 0 Å². The molecule has 4 rings (SSSR count). The minimum atomic E-state index is -0.161. The van der Waals surface area contributed by atoms with Crippen LogP contribution in [-0.4, -0.2) is 15.6 Å². The number of benzene rings is 1. The zero-order chi connectivity index (χ0) is 15.5. The molecule has 0 radical (unpaired) electrons. The molecular weight excluding hydrogens is 276 g/mol. The van der Waals surface area contributed by atoms with Crippen molar-refractivity contribution in [3.63, 3.8) is 0 Å². The van der Waals surface area contributed by atoms with Crippen LogP contribution in [0.15, 0.2) is 34.6 Å². The summed E-state index contributed by atoms with van der Waals surface area (Å²) in [7, 11) is 0. The molecular formula is C18H22N2O2. The van der Waals surface area contributed by atoms with Gasteiger partial charge in [-0.2, -0.15) is 0 Å². The fourth-order valence-electron chi connectivity index (χ4n) is 4.03. The Labute approximate surface area is 129 Å². The molecule has 1 aromatic heterocycles. The van der Waals surface area contributed by atoms with Gasteiger partial charge in [-0.1, -0.05) is 17.7 Å². The minimum Gasteiger partial charge on any atom is -0.367 e. The van der Waals surface area contributed by atoms with E-state index in [2.05, 4.69) is 48.9 Å². The lowest BCUT2D eigenvalue weighted by atomic mass is 9.69. The maximum atomic E-state index is 11.5. The van der Waals surface area contributed by atoms with E-state index < -0.39 is 0 Å². The predicted octanol–water partition coefficient (Wildman–Crippen LogP) is 3.68. The van der Waals surface area contributed by atoms with Gasteiger partial charge in [0.25, 0.3) is 0 Å². The van der Waals surface area contributed by atoms with E-state index in [1.54, 1.807) is 0 Å². The summed E-state index contributed by atoms with van der Waals surface area (Å²) in [5.41, 5.74) is 4.00. The van der Waals surface area contributed by atoms with Gasteiger partial charge < -0.3 is 14.7 Å². The lowest BCUT2D eigenvalue weighted by Gasteiger charge is -2.49. The molecule has 2 N–H and O–H groups in total. The minimum absolute atomic E-state index is 0.0607.